The Bertz CT molecular complexity index is 822. The monoisotopic (exact) mass is 284 g/mol. The molecule has 2 heterocycles. The molecule has 5 heteroatoms. The lowest BCUT2D eigenvalue weighted by atomic mass is 10.1. The number of carbonyl (C=O) groups is 1. The number of methoxy groups -OCH3 is 1. The van der Waals surface area contributed by atoms with Gasteiger partial charge < -0.3 is 4.74 Å². The van der Waals surface area contributed by atoms with Crippen molar-refractivity contribution < 1.29 is 13.9 Å². The van der Waals surface area contributed by atoms with Gasteiger partial charge in [-0.3, -0.25) is 0 Å². The van der Waals surface area contributed by atoms with Crippen molar-refractivity contribution in [2.24, 2.45) is 0 Å². The van der Waals surface area contributed by atoms with E-state index in [-0.39, 0.29) is 5.82 Å². The zero-order valence-electron chi connectivity index (χ0n) is 11.6. The van der Waals surface area contributed by atoms with E-state index in [9.17, 15) is 9.18 Å². The van der Waals surface area contributed by atoms with E-state index >= 15 is 0 Å². The summed E-state index contributed by atoms with van der Waals surface area (Å²) in [5.74, 6) is -0.800. The van der Waals surface area contributed by atoms with Crippen LogP contribution in [0, 0.1) is 12.7 Å². The second-order valence-corrected chi connectivity index (χ2v) is 4.76. The van der Waals surface area contributed by atoms with Gasteiger partial charge in [0.05, 0.1) is 12.6 Å². The highest BCUT2D eigenvalue weighted by atomic mass is 19.1. The highest BCUT2D eigenvalue weighted by Gasteiger charge is 2.21. The minimum absolute atomic E-state index is 0.335. The van der Waals surface area contributed by atoms with Gasteiger partial charge in [0, 0.05) is 11.8 Å². The van der Waals surface area contributed by atoms with Crippen molar-refractivity contribution >= 4 is 11.5 Å². The Labute approximate surface area is 120 Å². The average Bonchev–Trinajstić information content (AvgIpc) is 2.85. The second kappa shape index (κ2) is 5.01. The maximum atomic E-state index is 13.1. The molecule has 1 aromatic carbocycles. The van der Waals surface area contributed by atoms with E-state index in [1.54, 1.807) is 16.6 Å². The molecule has 106 valence electrons. The van der Waals surface area contributed by atoms with Crippen LogP contribution in [0.25, 0.3) is 16.8 Å². The van der Waals surface area contributed by atoms with Crippen molar-refractivity contribution in [1.82, 2.24) is 9.61 Å². The van der Waals surface area contributed by atoms with Crippen LogP contribution >= 0.6 is 0 Å². The van der Waals surface area contributed by atoms with Gasteiger partial charge in [-0.25, -0.2) is 13.7 Å². The molecule has 0 atom stereocenters. The van der Waals surface area contributed by atoms with E-state index in [0.717, 1.165) is 5.56 Å². The molecule has 0 spiro atoms. The number of esters is 1. The van der Waals surface area contributed by atoms with Crippen molar-refractivity contribution in [3.8, 4) is 11.3 Å². The van der Waals surface area contributed by atoms with Gasteiger partial charge >= 0.3 is 5.97 Å². The summed E-state index contributed by atoms with van der Waals surface area (Å²) in [6.07, 6.45) is 1.83. The van der Waals surface area contributed by atoms with Crippen LogP contribution < -0.4 is 0 Å². The number of nitrogens with zero attached hydrogens (tertiary/aromatic N) is 2. The largest absolute Gasteiger partial charge is 0.465 e. The van der Waals surface area contributed by atoms with Crippen LogP contribution in [0.2, 0.25) is 0 Å². The zero-order chi connectivity index (χ0) is 15.0. The summed E-state index contributed by atoms with van der Waals surface area (Å²) in [5.41, 5.74) is 3.20. The number of fused-ring (bicyclic) bond motifs is 1. The van der Waals surface area contributed by atoms with Crippen LogP contribution in [0.3, 0.4) is 0 Å². The van der Waals surface area contributed by atoms with Crippen molar-refractivity contribution in [2.45, 2.75) is 6.92 Å². The molecule has 0 saturated carbocycles. The fourth-order valence-corrected chi connectivity index (χ4v) is 2.27. The molecule has 0 fully saturated rings. The third-order valence-electron chi connectivity index (χ3n) is 3.28. The molecular formula is C16H13FN2O2. The summed E-state index contributed by atoms with van der Waals surface area (Å²) in [4.78, 5) is 12.1. The number of carbonyl (C=O) groups excluding carboxylic acids is 1. The average molecular weight is 284 g/mol. The first-order chi connectivity index (χ1) is 10.1. The molecule has 0 unspecified atom stereocenters. The van der Waals surface area contributed by atoms with Crippen molar-refractivity contribution in [3.05, 3.63) is 59.5 Å². The number of pyridine rings is 1. The Morgan fingerprint density at radius 3 is 2.57 bits per heavy atom. The molecule has 2 aromatic heterocycles. The summed E-state index contributed by atoms with van der Waals surface area (Å²) < 4.78 is 19.6. The number of hydrogen-bond donors (Lipinski definition) is 0. The third-order valence-corrected chi connectivity index (χ3v) is 3.28. The fourth-order valence-electron chi connectivity index (χ4n) is 2.27. The van der Waals surface area contributed by atoms with E-state index in [1.807, 2.05) is 25.3 Å². The van der Waals surface area contributed by atoms with Gasteiger partial charge in [-0.2, -0.15) is 5.10 Å². The maximum Gasteiger partial charge on any atom is 0.342 e. The van der Waals surface area contributed by atoms with E-state index in [4.69, 9.17) is 4.74 Å². The SMILES string of the molecule is COC(=O)c1c(-c2ccc(F)cc2)nn2cc(C)ccc12. The quantitative estimate of drug-likeness (QED) is 0.679. The van der Waals surface area contributed by atoms with Gasteiger partial charge in [0.2, 0.25) is 0 Å². The third kappa shape index (κ3) is 2.27. The molecule has 3 rings (SSSR count). The summed E-state index contributed by atoms with van der Waals surface area (Å²) in [6.45, 7) is 1.94. The van der Waals surface area contributed by atoms with Gasteiger partial charge in [0.1, 0.15) is 17.1 Å². The van der Waals surface area contributed by atoms with E-state index in [0.29, 0.717) is 22.3 Å². The summed E-state index contributed by atoms with van der Waals surface area (Å²) in [7, 11) is 1.33. The molecule has 0 aliphatic rings. The van der Waals surface area contributed by atoms with Crippen LogP contribution in [0.4, 0.5) is 4.39 Å². The lowest BCUT2D eigenvalue weighted by molar-refractivity contribution is 0.0604. The highest BCUT2D eigenvalue weighted by molar-refractivity contribution is 6.03. The molecular weight excluding hydrogens is 271 g/mol. The van der Waals surface area contributed by atoms with Crippen molar-refractivity contribution in [3.63, 3.8) is 0 Å². The molecule has 0 aliphatic carbocycles. The molecule has 0 N–H and O–H groups in total. The first kappa shape index (κ1) is 13.3. The topological polar surface area (TPSA) is 43.6 Å². The zero-order valence-corrected chi connectivity index (χ0v) is 11.6. The van der Waals surface area contributed by atoms with Crippen molar-refractivity contribution in [2.75, 3.05) is 7.11 Å². The van der Waals surface area contributed by atoms with Gasteiger partial charge in [0.25, 0.3) is 0 Å². The molecule has 0 radical (unpaired) electrons. The Morgan fingerprint density at radius 2 is 1.90 bits per heavy atom. The minimum Gasteiger partial charge on any atom is -0.465 e. The lowest BCUT2D eigenvalue weighted by Crippen LogP contribution is -2.02. The summed E-state index contributed by atoms with van der Waals surface area (Å²) >= 11 is 0. The van der Waals surface area contributed by atoms with E-state index in [1.165, 1.54) is 19.2 Å². The number of rotatable bonds is 2. The van der Waals surface area contributed by atoms with Gasteiger partial charge in [-0.1, -0.05) is 6.07 Å². The number of ether oxygens (including phenoxy) is 1. The lowest BCUT2D eigenvalue weighted by Gasteiger charge is -2.01. The minimum atomic E-state index is -0.465. The fraction of sp³-hybridized carbons (Fsp3) is 0.125. The molecule has 0 amide bonds. The number of hydrogen-bond acceptors (Lipinski definition) is 3. The standard InChI is InChI=1S/C16H13FN2O2/c1-10-3-8-13-14(16(20)21-2)15(18-19(13)9-10)11-4-6-12(17)7-5-11/h3-9H,1-2H3. The van der Waals surface area contributed by atoms with Crippen molar-refractivity contribution in [1.29, 1.82) is 0 Å². The maximum absolute atomic E-state index is 13.1. The Morgan fingerprint density at radius 1 is 1.19 bits per heavy atom. The predicted molar refractivity (Wildman–Crippen MR) is 76.7 cm³/mol. The number of halogens is 1. The highest BCUT2D eigenvalue weighted by Crippen LogP contribution is 2.27. The summed E-state index contributed by atoms with van der Waals surface area (Å²) in [6, 6.07) is 9.59. The van der Waals surface area contributed by atoms with Gasteiger partial charge in [0.15, 0.2) is 0 Å². The van der Waals surface area contributed by atoms with Crippen LogP contribution in [-0.4, -0.2) is 22.7 Å². The number of benzene rings is 1. The molecule has 0 aliphatic heterocycles. The molecule has 3 aromatic rings. The number of aryl methyl sites for hydroxylation is 1. The van der Waals surface area contributed by atoms with Crippen LogP contribution in [0.5, 0.6) is 0 Å². The smallest absolute Gasteiger partial charge is 0.342 e. The second-order valence-electron chi connectivity index (χ2n) is 4.76. The van der Waals surface area contributed by atoms with E-state index < -0.39 is 5.97 Å². The van der Waals surface area contributed by atoms with Crippen LogP contribution in [-0.2, 0) is 4.74 Å². The summed E-state index contributed by atoms with van der Waals surface area (Å²) in [5, 5.41) is 4.44. The molecule has 21 heavy (non-hydrogen) atoms. The molecule has 4 nitrogen and oxygen atoms in total. The van der Waals surface area contributed by atoms with Gasteiger partial charge in [-0.05, 0) is 42.8 Å². The first-order valence-corrected chi connectivity index (χ1v) is 6.43. The Kier molecular flexibility index (Phi) is 3.17. The van der Waals surface area contributed by atoms with Gasteiger partial charge in [-0.15, -0.1) is 0 Å². The van der Waals surface area contributed by atoms with E-state index in [2.05, 4.69) is 5.10 Å². The number of aromatic nitrogens is 2. The predicted octanol–water partition coefficient (Wildman–Crippen LogP) is 3.24. The van der Waals surface area contributed by atoms with Crippen LogP contribution in [0.1, 0.15) is 15.9 Å². The Hall–Kier alpha value is -2.69. The molecule has 0 bridgehead atoms. The normalized spacial score (nSPS) is 10.8. The Balaban J connectivity index is 2.30. The molecule has 0 saturated heterocycles. The van der Waals surface area contributed by atoms with Crippen LogP contribution in [0.15, 0.2) is 42.6 Å². The first-order valence-electron chi connectivity index (χ1n) is 6.43.